The zero-order valence-corrected chi connectivity index (χ0v) is 9.95. The van der Waals surface area contributed by atoms with Gasteiger partial charge in [0, 0.05) is 12.1 Å². The molecule has 4 heteroatoms. The molecule has 1 aliphatic rings. The lowest BCUT2D eigenvalue weighted by atomic mass is 10.0. The maximum atomic E-state index is 11.1. The van der Waals surface area contributed by atoms with Crippen molar-refractivity contribution in [2.75, 3.05) is 27.2 Å². The third-order valence-corrected chi connectivity index (χ3v) is 3.27. The van der Waals surface area contributed by atoms with Gasteiger partial charge < -0.3 is 15.0 Å². The largest absolute Gasteiger partial charge is 0.469 e. The minimum atomic E-state index is -0.122. The molecule has 0 saturated carbocycles. The summed E-state index contributed by atoms with van der Waals surface area (Å²) in [5.74, 6) is -0.122. The van der Waals surface area contributed by atoms with Crippen LogP contribution in [0.1, 0.15) is 26.2 Å². The van der Waals surface area contributed by atoms with Gasteiger partial charge >= 0.3 is 5.97 Å². The van der Waals surface area contributed by atoms with Gasteiger partial charge in [0.15, 0.2) is 0 Å². The monoisotopic (exact) mass is 214 g/mol. The summed E-state index contributed by atoms with van der Waals surface area (Å²) in [7, 11) is 3.54. The van der Waals surface area contributed by atoms with Crippen molar-refractivity contribution in [1.29, 1.82) is 0 Å². The van der Waals surface area contributed by atoms with Gasteiger partial charge in [-0.25, -0.2) is 0 Å². The van der Waals surface area contributed by atoms with E-state index in [2.05, 4.69) is 28.9 Å². The lowest BCUT2D eigenvalue weighted by Crippen LogP contribution is -2.45. The molecule has 1 N–H and O–H groups in total. The molecule has 0 spiro atoms. The summed E-state index contributed by atoms with van der Waals surface area (Å²) in [5.41, 5.74) is 0. The second kappa shape index (κ2) is 6.08. The Morgan fingerprint density at radius 1 is 1.53 bits per heavy atom. The van der Waals surface area contributed by atoms with Crippen molar-refractivity contribution < 1.29 is 9.53 Å². The van der Waals surface area contributed by atoms with Crippen molar-refractivity contribution in [1.82, 2.24) is 10.2 Å². The van der Waals surface area contributed by atoms with E-state index in [9.17, 15) is 4.79 Å². The molecule has 1 unspecified atom stereocenters. The van der Waals surface area contributed by atoms with Gasteiger partial charge in [0.1, 0.15) is 0 Å². The molecule has 0 amide bonds. The Labute approximate surface area is 92.0 Å². The Balaban J connectivity index is 2.36. The molecule has 88 valence electrons. The Morgan fingerprint density at radius 2 is 2.13 bits per heavy atom. The molecule has 0 aromatic carbocycles. The molecule has 0 aromatic heterocycles. The summed E-state index contributed by atoms with van der Waals surface area (Å²) < 4.78 is 4.68. The third-order valence-electron chi connectivity index (χ3n) is 3.27. The number of methoxy groups -OCH3 is 1. The van der Waals surface area contributed by atoms with Crippen molar-refractivity contribution in [3.63, 3.8) is 0 Å². The number of carbonyl (C=O) groups is 1. The highest BCUT2D eigenvalue weighted by molar-refractivity contribution is 5.69. The first kappa shape index (κ1) is 12.5. The highest BCUT2D eigenvalue weighted by Crippen LogP contribution is 2.14. The fourth-order valence-corrected chi connectivity index (χ4v) is 2.04. The van der Waals surface area contributed by atoms with Crippen LogP contribution < -0.4 is 5.32 Å². The SMILES string of the molecule is COC(=O)CC(C)N(C)C1CCNCC1. The van der Waals surface area contributed by atoms with Crippen LogP contribution in [0, 0.1) is 0 Å². The Hall–Kier alpha value is -0.610. The summed E-state index contributed by atoms with van der Waals surface area (Å²) in [4.78, 5) is 13.5. The lowest BCUT2D eigenvalue weighted by molar-refractivity contribution is -0.142. The summed E-state index contributed by atoms with van der Waals surface area (Å²) >= 11 is 0. The average molecular weight is 214 g/mol. The Bertz CT molecular complexity index is 203. The number of carbonyl (C=O) groups excluding carboxylic acids is 1. The van der Waals surface area contributed by atoms with Crippen LogP contribution >= 0.6 is 0 Å². The van der Waals surface area contributed by atoms with E-state index in [1.165, 1.54) is 20.0 Å². The van der Waals surface area contributed by atoms with Gasteiger partial charge in [-0.2, -0.15) is 0 Å². The van der Waals surface area contributed by atoms with Gasteiger partial charge in [0.25, 0.3) is 0 Å². The van der Waals surface area contributed by atoms with Crippen LogP contribution in [0.2, 0.25) is 0 Å². The lowest BCUT2D eigenvalue weighted by Gasteiger charge is -2.35. The minimum Gasteiger partial charge on any atom is -0.469 e. The van der Waals surface area contributed by atoms with Gasteiger partial charge in [0.2, 0.25) is 0 Å². The number of esters is 1. The molecule has 0 bridgehead atoms. The number of nitrogens with zero attached hydrogens (tertiary/aromatic N) is 1. The molecule has 1 saturated heterocycles. The molecule has 1 aliphatic heterocycles. The normalized spacial score (nSPS) is 20.3. The molecule has 1 rings (SSSR count). The van der Waals surface area contributed by atoms with Crippen molar-refractivity contribution in [3.8, 4) is 0 Å². The van der Waals surface area contributed by atoms with E-state index in [1.807, 2.05) is 0 Å². The van der Waals surface area contributed by atoms with E-state index in [0.717, 1.165) is 13.1 Å². The van der Waals surface area contributed by atoms with Crippen LogP contribution in [0.25, 0.3) is 0 Å². The Morgan fingerprint density at radius 3 is 2.67 bits per heavy atom. The molecule has 4 nitrogen and oxygen atoms in total. The summed E-state index contributed by atoms with van der Waals surface area (Å²) in [6.45, 7) is 4.25. The molecule has 0 aromatic rings. The maximum absolute atomic E-state index is 11.1. The van der Waals surface area contributed by atoms with Crippen LogP contribution in [0.3, 0.4) is 0 Å². The van der Waals surface area contributed by atoms with E-state index in [1.54, 1.807) is 0 Å². The molecule has 15 heavy (non-hydrogen) atoms. The van der Waals surface area contributed by atoms with E-state index in [0.29, 0.717) is 12.5 Å². The molecular formula is C11H22N2O2. The van der Waals surface area contributed by atoms with Gasteiger partial charge in [0.05, 0.1) is 13.5 Å². The number of hydrogen-bond acceptors (Lipinski definition) is 4. The predicted octanol–water partition coefficient (Wildman–Crippen LogP) is 0.622. The van der Waals surface area contributed by atoms with Gasteiger partial charge in [-0.1, -0.05) is 0 Å². The molecular weight excluding hydrogens is 192 g/mol. The van der Waals surface area contributed by atoms with Crippen molar-refractivity contribution in [2.24, 2.45) is 0 Å². The number of piperidine rings is 1. The molecule has 1 atom stereocenters. The second-order valence-corrected chi connectivity index (χ2v) is 4.28. The summed E-state index contributed by atoms with van der Waals surface area (Å²) in [5, 5.41) is 3.34. The number of ether oxygens (including phenoxy) is 1. The first-order valence-corrected chi connectivity index (χ1v) is 5.64. The summed E-state index contributed by atoms with van der Waals surface area (Å²) in [6.07, 6.45) is 2.82. The second-order valence-electron chi connectivity index (χ2n) is 4.28. The van der Waals surface area contributed by atoms with Gasteiger partial charge in [-0.05, 0) is 39.9 Å². The van der Waals surface area contributed by atoms with Crippen molar-refractivity contribution >= 4 is 5.97 Å². The van der Waals surface area contributed by atoms with Crippen LogP contribution in [-0.2, 0) is 9.53 Å². The minimum absolute atomic E-state index is 0.122. The highest BCUT2D eigenvalue weighted by Gasteiger charge is 2.23. The van der Waals surface area contributed by atoms with Crippen LogP contribution in [0.15, 0.2) is 0 Å². The van der Waals surface area contributed by atoms with Crippen molar-refractivity contribution in [3.05, 3.63) is 0 Å². The van der Waals surface area contributed by atoms with E-state index in [4.69, 9.17) is 0 Å². The van der Waals surface area contributed by atoms with Crippen molar-refractivity contribution in [2.45, 2.75) is 38.3 Å². The summed E-state index contributed by atoms with van der Waals surface area (Å²) in [6, 6.07) is 0.867. The number of nitrogens with one attached hydrogen (secondary N) is 1. The van der Waals surface area contributed by atoms with E-state index in [-0.39, 0.29) is 12.0 Å². The first-order chi connectivity index (χ1) is 7.15. The molecule has 1 heterocycles. The van der Waals surface area contributed by atoms with Gasteiger partial charge in [-0.3, -0.25) is 4.79 Å². The molecule has 0 radical (unpaired) electrons. The molecule has 0 aliphatic carbocycles. The molecule has 1 fully saturated rings. The van der Waals surface area contributed by atoms with E-state index >= 15 is 0 Å². The Kier molecular flexibility index (Phi) is 5.05. The van der Waals surface area contributed by atoms with Crippen LogP contribution in [-0.4, -0.2) is 50.2 Å². The highest BCUT2D eigenvalue weighted by atomic mass is 16.5. The number of rotatable bonds is 4. The van der Waals surface area contributed by atoms with E-state index < -0.39 is 0 Å². The van der Waals surface area contributed by atoms with Gasteiger partial charge in [-0.15, -0.1) is 0 Å². The topological polar surface area (TPSA) is 41.6 Å². The van der Waals surface area contributed by atoms with Crippen LogP contribution in [0.4, 0.5) is 0 Å². The zero-order chi connectivity index (χ0) is 11.3. The third kappa shape index (κ3) is 3.80. The number of hydrogen-bond donors (Lipinski definition) is 1. The quantitative estimate of drug-likeness (QED) is 0.697. The standard InChI is InChI=1S/C11H22N2O2/c1-9(8-11(14)15-3)13(2)10-4-6-12-7-5-10/h9-10,12H,4-8H2,1-3H3. The maximum Gasteiger partial charge on any atom is 0.307 e. The first-order valence-electron chi connectivity index (χ1n) is 5.64. The van der Waals surface area contributed by atoms with Crippen LogP contribution in [0.5, 0.6) is 0 Å². The average Bonchev–Trinajstić information content (AvgIpc) is 2.29. The predicted molar refractivity (Wildman–Crippen MR) is 59.7 cm³/mol. The fourth-order valence-electron chi connectivity index (χ4n) is 2.04. The zero-order valence-electron chi connectivity index (χ0n) is 9.95. The fraction of sp³-hybridized carbons (Fsp3) is 0.909. The smallest absolute Gasteiger partial charge is 0.307 e.